The molecule has 1 N–H and O–H groups in total. The number of nitrogens with one attached hydrogen (secondary N) is 1. The van der Waals surface area contributed by atoms with Crippen molar-refractivity contribution >= 4 is 22.1 Å². The van der Waals surface area contributed by atoms with Crippen LogP contribution >= 0.6 is 0 Å². The lowest BCUT2D eigenvalue weighted by Crippen LogP contribution is -2.51. The van der Waals surface area contributed by atoms with Crippen molar-refractivity contribution in [1.82, 2.24) is 14.9 Å². The Morgan fingerprint density at radius 2 is 1.70 bits per heavy atom. The first-order valence-electron chi connectivity index (χ1n) is 17.0. The Labute approximate surface area is 279 Å². The monoisotopic (exact) mass is 660 g/mol. The number of carbonyl (C=O) groups is 1. The summed E-state index contributed by atoms with van der Waals surface area (Å²) in [5.74, 6) is 1.40. The molecule has 1 saturated heterocycles. The Hall–Kier alpha value is -3.66. The molecule has 3 heterocycles. The maximum atomic E-state index is 13.8. The summed E-state index contributed by atoms with van der Waals surface area (Å²) < 4.78 is 42.2. The number of piperidine rings is 1. The molecule has 2 aromatic carbocycles. The van der Waals surface area contributed by atoms with Crippen LogP contribution in [0.2, 0.25) is 0 Å². The highest BCUT2D eigenvalue weighted by Crippen LogP contribution is 2.59. The minimum atomic E-state index is -3.97. The molecule has 2 fully saturated rings. The van der Waals surface area contributed by atoms with Gasteiger partial charge in [-0.2, -0.15) is 4.98 Å². The smallest absolute Gasteiger partial charge is 0.410 e. The minimum absolute atomic E-state index is 0.00681. The van der Waals surface area contributed by atoms with Crippen molar-refractivity contribution in [3.05, 3.63) is 65.2 Å². The lowest BCUT2D eigenvalue weighted by molar-refractivity contribution is -0.0371. The Balaban J connectivity index is 1.33. The van der Waals surface area contributed by atoms with Crippen molar-refractivity contribution in [3.8, 4) is 17.1 Å². The first-order valence-corrected chi connectivity index (χ1v) is 18.5. The highest BCUT2D eigenvalue weighted by molar-refractivity contribution is 7.92. The van der Waals surface area contributed by atoms with Gasteiger partial charge in [0.15, 0.2) is 0 Å². The van der Waals surface area contributed by atoms with Crippen LogP contribution < -0.4 is 9.46 Å². The van der Waals surface area contributed by atoms with Gasteiger partial charge in [-0.15, -0.1) is 0 Å². The number of rotatable bonds is 5. The molecule has 1 aliphatic carbocycles. The largest absolute Gasteiger partial charge is 0.477 e. The third-order valence-electron chi connectivity index (χ3n) is 10.3. The summed E-state index contributed by atoms with van der Waals surface area (Å²) in [6, 6.07) is 15.3. The maximum Gasteiger partial charge on any atom is 0.410 e. The highest BCUT2D eigenvalue weighted by Gasteiger charge is 2.50. The van der Waals surface area contributed by atoms with E-state index in [2.05, 4.69) is 34.6 Å². The van der Waals surface area contributed by atoms with Gasteiger partial charge in [0.2, 0.25) is 11.8 Å². The summed E-state index contributed by atoms with van der Waals surface area (Å²) in [7, 11) is -3.97. The van der Waals surface area contributed by atoms with Gasteiger partial charge in [0.05, 0.1) is 23.3 Å². The van der Waals surface area contributed by atoms with E-state index in [1.807, 2.05) is 69.0 Å². The summed E-state index contributed by atoms with van der Waals surface area (Å²) in [5, 5.41) is 0. The molecule has 4 bridgehead atoms. The van der Waals surface area contributed by atoms with Gasteiger partial charge in [0, 0.05) is 30.6 Å². The minimum Gasteiger partial charge on any atom is -0.477 e. The number of fused-ring (bicyclic) bond motifs is 4. The molecule has 2 atom stereocenters. The molecule has 0 radical (unpaired) electrons. The van der Waals surface area contributed by atoms with E-state index in [4.69, 9.17) is 9.47 Å². The van der Waals surface area contributed by atoms with E-state index in [9.17, 15) is 13.2 Å². The number of benzene rings is 2. The summed E-state index contributed by atoms with van der Waals surface area (Å²) in [5.41, 5.74) is 4.86. The first-order chi connectivity index (χ1) is 22.3. The fraction of sp³-hybridized carbons (Fsp3) is 0.541. The standard InChI is InChI=1S/C37H48N4O5S/c1-23(2)17-28-22-45-32-19-31(33-25(5)9-7-10-26(33)6)38-35(39-32)40-47(43,44)30-12-8-11-27(18-30)34(28)29-20-37(21-29)13-15-41(16-14-37)36(42)46-24(3)4/h7-12,18-19,23-24,28-29,34H,13-17,20-22H2,1-6H3,(H,38,39,40)/t28-,34?/m1/s1. The van der Waals surface area contributed by atoms with Crippen molar-refractivity contribution in [1.29, 1.82) is 0 Å². The van der Waals surface area contributed by atoms with Gasteiger partial charge < -0.3 is 14.4 Å². The SMILES string of the molecule is Cc1cccc(C)c1-c1cc2nc(n1)NS(=O)(=O)c1cccc(c1)C(C1CC3(CCN(C(=O)OC(C)C)CC3)C1)[C@H](CC(C)C)CO2. The van der Waals surface area contributed by atoms with Gasteiger partial charge in [-0.05, 0) is 112 Å². The van der Waals surface area contributed by atoms with Crippen LogP contribution in [-0.4, -0.2) is 55.2 Å². The number of aryl methyl sites for hydroxylation is 2. The molecule has 1 aromatic heterocycles. The topological polar surface area (TPSA) is 111 Å². The van der Waals surface area contributed by atoms with Crippen LogP contribution in [0.5, 0.6) is 5.88 Å². The third kappa shape index (κ3) is 7.12. The van der Waals surface area contributed by atoms with E-state index in [0.29, 0.717) is 43.1 Å². The zero-order valence-corrected chi connectivity index (χ0v) is 29.3. The van der Waals surface area contributed by atoms with Crippen LogP contribution in [0, 0.1) is 37.0 Å². The molecule has 252 valence electrons. The molecule has 1 amide bonds. The van der Waals surface area contributed by atoms with Crippen molar-refractivity contribution in [3.63, 3.8) is 0 Å². The lowest BCUT2D eigenvalue weighted by atomic mass is 9.52. The Kier molecular flexibility index (Phi) is 9.26. The highest BCUT2D eigenvalue weighted by atomic mass is 32.2. The lowest BCUT2D eigenvalue weighted by Gasteiger charge is -2.55. The van der Waals surface area contributed by atoms with Gasteiger partial charge in [0.1, 0.15) is 0 Å². The van der Waals surface area contributed by atoms with Crippen molar-refractivity contribution < 1.29 is 22.7 Å². The molecular weight excluding hydrogens is 612 g/mol. The summed E-state index contributed by atoms with van der Waals surface area (Å²) >= 11 is 0. The van der Waals surface area contributed by atoms with E-state index < -0.39 is 10.0 Å². The number of aromatic nitrogens is 2. The fourth-order valence-electron chi connectivity index (χ4n) is 8.16. The molecule has 1 spiro atoms. The molecule has 6 rings (SSSR count). The number of hydrogen-bond donors (Lipinski definition) is 1. The van der Waals surface area contributed by atoms with Crippen LogP contribution in [0.15, 0.2) is 53.4 Å². The van der Waals surface area contributed by atoms with Crippen LogP contribution in [0.1, 0.15) is 82.4 Å². The average molecular weight is 661 g/mol. The maximum absolute atomic E-state index is 13.8. The summed E-state index contributed by atoms with van der Waals surface area (Å²) in [6.07, 6.45) is 4.58. The zero-order valence-electron chi connectivity index (χ0n) is 28.5. The summed E-state index contributed by atoms with van der Waals surface area (Å²) in [4.78, 5) is 23.8. The van der Waals surface area contributed by atoms with E-state index in [1.54, 1.807) is 6.07 Å². The number of anilines is 1. The number of hydrogen-bond acceptors (Lipinski definition) is 7. The predicted octanol–water partition coefficient (Wildman–Crippen LogP) is 7.74. The molecular formula is C37H48N4O5S. The molecule has 2 aliphatic heterocycles. The van der Waals surface area contributed by atoms with Gasteiger partial charge in [0.25, 0.3) is 10.0 Å². The average Bonchev–Trinajstić information content (AvgIpc) is 2.98. The second kappa shape index (κ2) is 13.1. The van der Waals surface area contributed by atoms with E-state index in [1.165, 1.54) is 0 Å². The second-order valence-corrected chi connectivity index (χ2v) is 16.4. The van der Waals surface area contributed by atoms with Gasteiger partial charge in [-0.25, -0.2) is 22.9 Å². The fourth-order valence-corrected chi connectivity index (χ4v) is 9.16. The first kappa shape index (κ1) is 33.2. The Morgan fingerprint density at radius 1 is 1.02 bits per heavy atom. The molecule has 9 nitrogen and oxygen atoms in total. The zero-order chi connectivity index (χ0) is 33.5. The number of likely N-dealkylation sites (tertiary alicyclic amines) is 1. The van der Waals surface area contributed by atoms with Crippen molar-refractivity contribution in [2.45, 2.75) is 90.6 Å². The van der Waals surface area contributed by atoms with Crippen LogP contribution in [0.3, 0.4) is 0 Å². The van der Waals surface area contributed by atoms with E-state index in [0.717, 1.165) is 54.4 Å². The molecule has 47 heavy (non-hydrogen) atoms. The Bertz CT molecular complexity index is 1700. The number of carbonyl (C=O) groups excluding carboxylic acids is 1. The van der Waals surface area contributed by atoms with Gasteiger partial charge in [-0.3, -0.25) is 0 Å². The number of amides is 1. The molecule has 3 aromatic rings. The number of sulfonamides is 1. The number of nitrogens with zero attached hydrogens (tertiary/aromatic N) is 3. The van der Waals surface area contributed by atoms with Crippen molar-refractivity contribution in [2.75, 3.05) is 24.4 Å². The molecule has 10 heteroatoms. The summed E-state index contributed by atoms with van der Waals surface area (Å²) in [6.45, 7) is 14.1. The van der Waals surface area contributed by atoms with Crippen LogP contribution in [-0.2, 0) is 14.8 Å². The molecule has 1 unspecified atom stereocenters. The van der Waals surface area contributed by atoms with Crippen molar-refractivity contribution in [2.24, 2.45) is 23.2 Å². The Morgan fingerprint density at radius 3 is 2.36 bits per heavy atom. The van der Waals surface area contributed by atoms with Gasteiger partial charge in [-0.1, -0.05) is 44.2 Å². The second-order valence-electron chi connectivity index (χ2n) is 14.7. The third-order valence-corrected chi connectivity index (χ3v) is 11.6. The molecule has 1 saturated carbocycles. The van der Waals surface area contributed by atoms with Gasteiger partial charge >= 0.3 is 6.09 Å². The number of ether oxygens (including phenoxy) is 2. The predicted molar refractivity (Wildman–Crippen MR) is 183 cm³/mol. The normalized spacial score (nSPS) is 22.1. The van der Waals surface area contributed by atoms with Crippen LogP contribution in [0.25, 0.3) is 11.3 Å². The molecule has 3 aliphatic rings. The van der Waals surface area contributed by atoms with Crippen LogP contribution in [0.4, 0.5) is 10.7 Å². The van der Waals surface area contributed by atoms with E-state index in [-0.39, 0.29) is 40.3 Å². The quantitative estimate of drug-likeness (QED) is 0.298. The van der Waals surface area contributed by atoms with E-state index >= 15 is 0 Å².